The summed E-state index contributed by atoms with van der Waals surface area (Å²) < 4.78 is 29.6. The molecule has 32 heavy (non-hydrogen) atoms. The van der Waals surface area contributed by atoms with E-state index in [9.17, 15) is 9.59 Å². The van der Waals surface area contributed by atoms with Crippen molar-refractivity contribution in [3.8, 4) is 0 Å². The molecule has 2 aliphatic heterocycles. The lowest BCUT2D eigenvalue weighted by Crippen LogP contribution is -2.57. The van der Waals surface area contributed by atoms with Gasteiger partial charge in [-0.25, -0.2) is 0 Å². The first kappa shape index (κ1) is 26.5. The molecule has 4 unspecified atom stereocenters. The average Bonchev–Trinajstić information content (AvgIpc) is 2.76. The normalized spacial score (nSPS) is 39.7. The molecule has 0 aromatic rings. The maximum Gasteiger partial charge on any atom is 0.306 e. The van der Waals surface area contributed by atoms with Crippen LogP contribution in [-0.2, 0) is 33.3 Å². The Morgan fingerprint density at radius 3 is 2.25 bits per heavy atom. The third-order valence-corrected chi connectivity index (χ3v) is 6.66. The number of nitrogens with zero attached hydrogens (tertiary/aromatic N) is 3. The zero-order valence-corrected chi connectivity index (χ0v) is 20.1. The number of carbonyl (C=O) groups is 2. The van der Waals surface area contributed by atoms with Gasteiger partial charge in [0.15, 0.2) is 12.6 Å². The molecule has 0 radical (unpaired) electrons. The highest BCUT2D eigenvalue weighted by Gasteiger charge is 2.48. The highest BCUT2D eigenvalue weighted by Crippen LogP contribution is 2.38. The molecular formula is C22H37N3O7. The van der Waals surface area contributed by atoms with E-state index in [1.807, 2.05) is 34.6 Å². The molecule has 10 heteroatoms. The molecule has 0 bridgehead atoms. The van der Waals surface area contributed by atoms with Crippen LogP contribution in [0.4, 0.5) is 0 Å². The first-order chi connectivity index (χ1) is 15.1. The van der Waals surface area contributed by atoms with Crippen LogP contribution in [0.3, 0.4) is 0 Å². The third-order valence-electron chi connectivity index (χ3n) is 6.66. The smallest absolute Gasteiger partial charge is 0.306 e. The molecule has 0 N–H and O–H groups in total. The van der Waals surface area contributed by atoms with Gasteiger partial charge in [0.1, 0.15) is 11.9 Å². The molecule has 0 aromatic carbocycles. The molecule has 10 atom stereocenters. The van der Waals surface area contributed by atoms with E-state index in [1.54, 1.807) is 0 Å². The summed E-state index contributed by atoms with van der Waals surface area (Å²) in [5, 5.41) is 3.88. The Balaban J connectivity index is 2.10. The highest BCUT2D eigenvalue weighted by molar-refractivity contribution is 5.81. The van der Waals surface area contributed by atoms with Gasteiger partial charge in [0.25, 0.3) is 0 Å². The van der Waals surface area contributed by atoms with E-state index >= 15 is 0 Å². The number of hydrogen-bond acceptors (Lipinski definition) is 8. The Kier molecular flexibility index (Phi) is 9.91. The largest absolute Gasteiger partial charge is 0.459 e. The first-order valence-electron chi connectivity index (χ1n) is 11.4. The summed E-state index contributed by atoms with van der Waals surface area (Å²) in [4.78, 5) is 26.3. The van der Waals surface area contributed by atoms with Crippen LogP contribution in [0.15, 0.2) is 5.11 Å². The van der Waals surface area contributed by atoms with Gasteiger partial charge in [-0.2, -0.15) is 0 Å². The Hall–Kier alpha value is -1.71. The van der Waals surface area contributed by atoms with Crippen molar-refractivity contribution in [2.24, 2.45) is 22.9 Å². The summed E-state index contributed by atoms with van der Waals surface area (Å²) in [5.74, 6) is -0.696. The van der Waals surface area contributed by atoms with Gasteiger partial charge < -0.3 is 28.5 Å². The summed E-state index contributed by atoms with van der Waals surface area (Å²) in [6, 6.07) is -0.526. The van der Waals surface area contributed by atoms with Crippen LogP contribution < -0.4 is 0 Å². The van der Waals surface area contributed by atoms with Gasteiger partial charge in [0.05, 0.1) is 30.8 Å². The molecule has 0 aromatic heterocycles. The van der Waals surface area contributed by atoms with Crippen LogP contribution in [0.1, 0.15) is 60.8 Å². The van der Waals surface area contributed by atoms with Crippen LogP contribution in [0, 0.1) is 17.8 Å². The lowest BCUT2D eigenvalue weighted by atomic mass is 9.84. The number of esters is 1. The predicted octanol–water partition coefficient (Wildman–Crippen LogP) is 3.77. The topological polar surface area (TPSA) is 129 Å². The molecule has 0 aliphatic carbocycles. The Morgan fingerprint density at radius 1 is 1.00 bits per heavy atom. The molecule has 2 rings (SSSR count). The highest BCUT2D eigenvalue weighted by atomic mass is 16.7. The summed E-state index contributed by atoms with van der Waals surface area (Å²) in [7, 11) is 1.53. The van der Waals surface area contributed by atoms with Crippen LogP contribution in [0.5, 0.6) is 0 Å². The lowest BCUT2D eigenvalue weighted by molar-refractivity contribution is -0.317. The van der Waals surface area contributed by atoms with Crippen molar-refractivity contribution in [2.75, 3.05) is 7.11 Å². The van der Waals surface area contributed by atoms with E-state index in [0.717, 1.165) is 0 Å². The van der Waals surface area contributed by atoms with Gasteiger partial charge in [0.2, 0.25) is 0 Å². The SMILES string of the molecule is CCC1O[C@H](OC)[C@@H](N=[N+]=[N-])C(C)[C@@H]1O[C@H]1OC(C)[C@@H](OC(=O)CCC(C)=O)C(C)[C@@H]1C. The summed E-state index contributed by atoms with van der Waals surface area (Å²) in [5.41, 5.74) is 8.98. The van der Waals surface area contributed by atoms with E-state index in [-0.39, 0.29) is 54.7 Å². The Morgan fingerprint density at radius 2 is 1.69 bits per heavy atom. The number of ketones is 1. The Bertz CT molecular complexity index is 699. The minimum Gasteiger partial charge on any atom is -0.459 e. The van der Waals surface area contributed by atoms with Crippen molar-refractivity contribution in [1.29, 1.82) is 0 Å². The van der Waals surface area contributed by atoms with Crippen molar-refractivity contribution in [3.05, 3.63) is 10.4 Å². The fourth-order valence-corrected chi connectivity index (χ4v) is 4.46. The van der Waals surface area contributed by atoms with E-state index in [4.69, 9.17) is 29.2 Å². The van der Waals surface area contributed by atoms with Crippen LogP contribution in [0.25, 0.3) is 10.4 Å². The van der Waals surface area contributed by atoms with Gasteiger partial charge in [-0.05, 0) is 31.7 Å². The van der Waals surface area contributed by atoms with Crippen molar-refractivity contribution >= 4 is 11.8 Å². The number of hydrogen-bond donors (Lipinski definition) is 0. The molecule has 0 saturated carbocycles. The Labute approximate surface area is 189 Å². The number of carbonyl (C=O) groups excluding carboxylic acids is 2. The minimum atomic E-state index is -0.632. The summed E-state index contributed by atoms with van der Waals surface area (Å²) >= 11 is 0. The zero-order valence-electron chi connectivity index (χ0n) is 20.1. The fourth-order valence-electron chi connectivity index (χ4n) is 4.46. The monoisotopic (exact) mass is 455 g/mol. The van der Waals surface area contributed by atoms with Gasteiger partial charge in [-0.15, -0.1) is 0 Å². The van der Waals surface area contributed by atoms with Gasteiger partial charge in [-0.1, -0.05) is 32.8 Å². The van der Waals surface area contributed by atoms with Crippen LogP contribution in [0.2, 0.25) is 0 Å². The summed E-state index contributed by atoms with van der Waals surface area (Å²) in [6.45, 7) is 11.3. The minimum absolute atomic E-state index is 0.0235. The number of rotatable bonds is 9. The zero-order chi connectivity index (χ0) is 24.0. The molecular weight excluding hydrogens is 418 g/mol. The second kappa shape index (κ2) is 12.0. The fraction of sp³-hybridized carbons (Fsp3) is 0.909. The number of Topliss-reactive ketones (excluding diaryl/α,β-unsaturated/α-hetero) is 1. The molecule has 2 aliphatic rings. The molecule has 0 amide bonds. The van der Waals surface area contributed by atoms with E-state index in [2.05, 4.69) is 10.0 Å². The van der Waals surface area contributed by atoms with Crippen molar-refractivity contribution in [3.63, 3.8) is 0 Å². The van der Waals surface area contributed by atoms with E-state index in [1.165, 1.54) is 14.0 Å². The molecule has 2 heterocycles. The van der Waals surface area contributed by atoms with Crippen LogP contribution in [-0.4, -0.2) is 61.9 Å². The third kappa shape index (κ3) is 6.20. The number of methoxy groups -OCH3 is 1. The van der Waals surface area contributed by atoms with Crippen LogP contribution >= 0.6 is 0 Å². The molecule has 182 valence electrons. The quantitative estimate of drug-likeness (QED) is 0.224. The number of ether oxygens (including phenoxy) is 5. The molecule has 2 saturated heterocycles. The van der Waals surface area contributed by atoms with Crippen molar-refractivity contribution in [1.82, 2.24) is 0 Å². The molecule has 0 spiro atoms. The molecule has 2 fully saturated rings. The van der Waals surface area contributed by atoms with Crippen molar-refractivity contribution in [2.45, 2.75) is 104 Å². The second-order valence-corrected chi connectivity index (χ2v) is 8.93. The second-order valence-electron chi connectivity index (χ2n) is 8.93. The standard InChI is InChI=1S/C22H37N3O7/c1-8-16-20(14(5)18(24-25-23)22(28-7)30-16)32-21-13(4)12(3)19(15(6)29-21)31-17(27)10-9-11(2)26/h12-16,18-22H,8-10H2,1-7H3/t12?,13-,14?,15?,16?,18-,19-,20-,21+,22-/m0/s1. The first-order valence-corrected chi connectivity index (χ1v) is 11.4. The summed E-state index contributed by atoms with van der Waals surface area (Å²) in [6.07, 6.45) is -1.66. The van der Waals surface area contributed by atoms with Gasteiger partial charge >= 0.3 is 5.97 Å². The average molecular weight is 456 g/mol. The number of azide groups is 1. The van der Waals surface area contributed by atoms with Gasteiger partial charge in [-0.3, -0.25) is 4.79 Å². The maximum absolute atomic E-state index is 12.2. The predicted molar refractivity (Wildman–Crippen MR) is 115 cm³/mol. The van der Waals surface area contributed by atoms with E-state index in [0.29, 0.717) is 6.42 Å². The lowest BCUT2D eigenvalue weighted by Gasteiger charge is -2.48. The molecule has 10 nitrogen and oxygen atoms in total. The van der Waals surface area contributed by atoms with E-state index < -0.39 is 30.7 Å². The van der Waals surface area contributed by atoms with Gasteiger partial charge in [0, 0.05) is 30.3 Å². The maximum atomic E-state index is 12.2. The van der Waals surface area contributed by atoms with Crippen molar-refractivity contribution < 1.29 is 33.3 Å².